The van der Waals surface area contributed by atoms with Gasteiger partial charge >= 0.3 is 6.18 Å². The molecule has 0 spiro atoms. The van der Waals surface area contributed by atoms with Crippen LogP contribution in [0.4, 0.5) is 24.5 Å². The molecule has 6 nitrogen and oxygen atoms in total. The van der Waals surface area contributed by atoms with Crippen LogP contribution < -0.4 is 10.6 Å². The summed E-state index contributed by atoms with van der Waals surface area (Å²) in [6.07, 6.45) is -4.69. The monoisotopic (exact) mass is 472 g/mol. The van der Waals surface area contributed by atoms with E-state index in [9.17, 15) is 31.2 Å². The van der Waals surface area contributed by atoms with Crippen LogP contribution in [0.2, 0.25) is 0 Å². The number of alkyl halides is 3. The number of hydrogen-bond acceptors (Lipinski definition) is 5. The fraction of sp³-hybridized carbons (Fsp3) is 0.300. The molecule has 2 aromatic rings. The maximum atomic E-state index is 12.9. The Kier molecular flexibility index (Phi) is 6.65. The van der Waals surface area contributed by atoms with Gasteiger partial charge in [-0.05, 0) is 43.3 Å². The van der Waals surface area contributed by atoms with Crippen LogP contribution in [0.25, 0.3) is 0 Å². The number of benzene rings is 2. The Labute approximate surface area is 181 Å². The molecule has 0 aromatic heterocycles. The van der Waals surface area contributed by atoms with E-state index in [4.69, 9.17) is 0 Å². The lowest BCUT2D eigenvalue weighted by Crippen LogP contribution is -2.25. The maximum absolute atomic E-state index is 12.9. The molecule has 1 unspecified atom stereocenters. The predicted octanol–water partition coefficient (Wildman–Crippen LogP) is 4.33. The summed E-state index contributed by atoms with van der Waals surface area (Å²) in [4.78, 5) is 24.7. The van der Waals surface area contributed by atoms with Crippen molar-refractivity contribution in [3.05, 3.63) is 48.0 Å². The van der Waals surface area contributed by atoms with Gasteiger partial charge in [0.15, 0.2) is 9.84 Å². The zero-order valence-corrected chi connectivity index (χ0v) is 18.0. The van der Waals surface area contributed by atoms with E-state index in [0.717, 1.165) is 23.1 Å². The smallest absolute Gasteiger partial charge is 0.326 e. The minimum Gasteiger partial charge on any atom is -0.326 e. The molecule has 0 saturated heterocycles. The standard InChI is InChI=1S/C20H19F3N2O4S2/c1-12(9-19(27)24-14-4-2-3-13(10-14)20(21,22)23)31(28,29)15-5-6-17-16(11-15)25-18(26)7-8-30-17/h2-6,10-12H,7-9H2,1H3,(H,24,27)(H,25,26). The van der Waals surface area contributed by atoms with E-state index in [1.165, 1.54) is 36.9 Å². The van der Waals surface area contributed by atoms with Crippen LogP contribution >= 0.6 is 11.8 Å². The van der Waals surface area contributed by atoms with Crippen LogP contribution in [-0.2, 0) is 25.6 Å². The Hall–Kier alpha value is -2.53. The molecule has 1 atom stereocenters. The molecule has 0 saturated carbocycles. The van der Waals surface area contributed by atoms with Gasteiger partial charge in [0.1, 0.15) is 0 Å². The molecule has 0 aliphatic carbocycles. The number of halogens is 3. The molecule has 11 heteroatoms. The normalized spacial score (nSPS) is 15.4. The van der Waals surface area contributed by atoms with Crippen molar-refractivity contribution in [2.75, 3.05) is 16.4 Å². The molecule has 0 fully saturated rings. The van der Waals surface area contributed by atoms with Gasteiger partial charge in [0.25, 0.3) is 0 Å². The van der Waals surface area contributed by atoms with E-state index in [1.807, 2.05) is 0 Å². The summed E-state index contributed by atoms with van der Waals surface area (Å²) in [7, 11) is -3.92. The third-order valence-corrected chi connectivity index (χ3v) is 7.83. The Morgan fingerprint density at radius 3 is 2.68 bits per heavy atom. The van der Waals surface area contributed by atoms with Crippen LogP contribution in [0.3, 0.4) is 0 Å². The Morgan fingerprint density at radius 1 is 1.23 bits per heavy atom. The van der Waals surface area contributed by atoms with Crippen LogP contribution in [0, 0.1) is 0 Å². The second-order valence-electron chi connectivity index (χ2n) is 6.99. The van der Waals surface area contributed by atoms with E-state index in [2.05, 4.69) is 10.6 Å². The molecule has 3 rings (SSSR count). The largest absolute Gasteiger partial charge is 0.416 e. The van der Waals surface area contributed by atoms with Gasteiger partial charge in [0, 0.05) is 29.2 Å². The maximum Gasteiger partial charge on any atom is 0.416 e. The number of sulfone groups is 1. The summed E-state index contributed by atoms with van der Waals surface area (Å²) in [6.45, 7) is 1.35. The van der Waals surface area contributed by atoms with Crippen molar-refractivity contribution >= 4 is 44.8 Å². The number of fused-ring (bicyclic) bond motifs is 1. The highest BCUT2D eigenvalue weighted by molar-refractivity contribution is 7.99. The molecular weight excluding hydrogens is 453 g/mol. The Bertz CT molecular complexity index is 1120. The average Bonchev–Trinajstić information content (AvgIpc) is 2.87. The van der Waals surface area contributed by atoms with Gasteiger partial charge in [-0.2, -0.15) is 13.2 Å². The summed E-state index contributed by atoms with van der Waals surface area (Å²) in [5.74, 6) is -0.361. The summed E-state index contributed by atoms with van der Waals surface area (Å²) in [5, 5.41) is 3.84. The summed E-state index contributed by atoms with van der Waals surface area (Å²) in [5.41, 5.74) is -0.598. The first-order chi connectivity index (χ1) is 14.5. The lowest BCUT2D eigenvalue weighted by atomic mass is 10.2. The van der Waals surface area contributed by atoms with E-state index in [1.54, 1.807) is 6.07 Å². The molecule has 166 valence electrons. The molecule has 2 aromatic carbocycles. The zero-order chi connectivity index (χ0) is 22.8. The highest BCUT2D eigenvalue weighted by Gasteiger charge is 2.31. The lowest BCUT2D eigenvalue weighted by molar-refractivity contribution is -0.137. The number of hydrogen-bond donors (Lipinski definition) is 2. The minimum absolute atomic E-state index is 0.0478. The minimum atomic E-state index is -4.56. The number of anilines is 2. The van der Waals surface area contributed by atoms with Crippen molar-refractivity contribution in [3.8, 4) is 0 Å². The van der Waals surface area contributed by atoms with Crippen molar-refractivity contribution in [1.82, 2.24) is 0 Å². The number of carbonyl (C=O) groups is 2. The number of thioether (sulfide) groups is 1. The first-order valence-corrected chi connectivity index (χ1v) is 11.8. The van der Waals surface area contributed by atoms with Gasteiger partial charge in [0.05, 0.1) is 21.4 Å². The molecular formula is C20H19F3N2O4S2. The van der Waals surface area contributed by atoms with Gasteiger partial charge in [-0.25, -0.2) is 8.42 Å². The summed E-state index contributed by atoms with van der Waals surface area (Å²) >= 11 is 1.43. The van der Waals surface area contributed by atoms with Crippen molar-refractivity contribution in [1.29, 1.82) is 0 Å². The number of nitrogens with one attached hydrogen (secondary N) is 2. The van der Waals surface area contributed by atoms with E-state index in [0.29, 0.717) is 17.9 Å². The molecule has 31 heavy (non-hydrogen) atoms. The zero-order valence-electron chi connectivity index (χ0n) is 16.3. The summed E-state index contributed by atoms with van der Waals surface area (Å²) < 4.78 is 64.2. The summed E-state index contributed by atoms with van der Waals surface area (Å²) in [6, 6.07) is 8.48. The second kappa shape index (κ2) is 8.91. The molecule has 1 heterocycles. The molecule has 1 aliphatic heterocycles. The van der Waals surface area contributed by atoms with Crippen molar-refractivity contribution in [2.24, 2.45) is 0 Å². The van der Waals surface area contributed by atoms with Crippen LogP contribution in [0.5, 0.6) is 0 Å². The van der Waals surface area contributed by atoms with Gasteiger partial charge in [-0.1, -0.05) is 6.07 Å². The average molecular weight is 473 g/mol. The SMILES string of the molecule is CC(CC(=O)Nc1cccc(C(F)(F)F)c1)S(=O)(=O)c1ccc2c(c1)NC(=O)CCS2. The topological polar surface area (TPSA) is 92.3 Å². The molecule has 0 bridgehead atoms. The number of rotatable bonds is 5. The Morgan fingerprint density at radius 2 is 1.97 bits per heavy atom. The van der Waals surface area contributed by atoms with Gasteiger partial charge < -0.3 is 10.6 Å². The second-order valence-corrected chi connectivity index (χ2v) is 10.5. The fourth-order valence-corrected chi connectivity index (χ4v) is 5.28. The number of amides is 2. The van der Waals surface area contributed by atoms with Crippen LogP contribution in [0.1, 0.15) is 25.3 Å². The highest BCUT2D eigenvalue weighted by atomic mass is 32.2. The van der Waals surface area contributed by atoms with Crippen molar-refractivity contribution < 1.29 is 31.2 Å². The molecule has 0 radical (unpaired) electrons. The third-order valence-electron chi connectivity index (χ3n) is 4.62. The van der Waals surface area contributed by atoms with E-state index < -0.39 is 39.2 Å². The van der Waals surface area contributed by atoms with Crippen LogP contribution in [-0.4, -0.2) is 31.2 Å². The fourth-order valence-electron chi connectivity index (χ4n) is 2.96. The van der Waals surface area contributed by atoms with Gasteiger partial charge in [-0.15, -0.1) is 11.8 Å². The first kappa shape index (κ1) is 23.1. The van der Waals surface area contributed by atoms with Crippen molar-refractivity contribution in [3.63, 3.8) is 0 Å². The third kappa shape index (κ3) is 5.59. The molecule has 1 aliphatic rings. The van der Waals surface area contributed by atoms with Crippen LogP contribution in [0.15, 0.2) is 52.3 Å². The Balaban J connectivity index is 1.73. The predicted molar refractivity (Wildman–Crippen MR) is 112 cm³/mol. The van der Waals surface area contributed by atoms with E-state index in [-0.39, 0.29) is 16.5 Å². The highest BCUT2D eigenvalue weighted by Crippen LogP contribution is 2.34. The quantitative estimate of drug-likeness (QED) is 0.676. The first-order valence-electron chi connectivity index (χ1n) is 9.24. The lowest BCUT2D eigenvalue weighted by Gasteiger charge is -2.15. The van der Waals surface area contributed by atoms with Gasteiger partial charge in [-0.3, -0.25) is 9.59 Å². The number of carbonyl (C=O) groups excluding carboxylic acids is 2. The molecule has 2 N–H and O–H groups in total. The van der Waals surface area contributed by atoms with Crippen molar-refractivity contribution in [2.45, 2.75) is 41.0 Å². The molecule has 2 amide bonds. The van der Waals surface area contributed by atoms with Gasteiger partial charge in [0.2, 0.25) is 11.8 Å². The van der Waals surface area contributed by atoms with E-state index >= 15 is 0 Å².